The molecule has 0 amide bonds. The van der Waals surface area contributed by atoms with Crippen LogP contribution in [-0.2, 0) is 7.05 Å². The van der Waals surface area contributed by atoms with E-state index in [1.165, 1.54) is 4.68 Å². The van der Waals surface area contributed by atoms with E-state index in [-0.39, 0.29) is 5.52 Å². The summed E-state index contributed by atoms with van der Waals surface area (Å²) in [5.41, 5.74) is 2.32. The maximum atomic E-state index is 14.7. The first-order valence-electron chi connectivity index (χ1n) is 11.2. The molecule has 170 valence electrons. The maximum absolute atomic E-state index is 14.7. The largest absolute Gasteiger partial charge is 0.504 e. The number of phenolic OH excluding ortho intramolecular Hbond substituents is 1. The summed E-state index contributed by atoms with van der Waals surface area (Å²) in [6, 6.07) is 9.76. The van der Waals surface area contributed by atoms with Crippen molar-refractivity contribution < 1.29 is 13.9 Å². The zero-order chi connectivity index (χ0) is 22.7. The van der Waals surface area contributed by atoms with Gasteiger partial charge in [0.2, 0.25) is 0 Å². The molecular formula is C24H24F2N6O. The molecule has 33 heavy (non-hydrogen) atoms. The van der Waals surface area contributed by atoms with Gasteiger partial charge in [0, 0.05) is 49.4 Å². The zero-order valence-electron chi connectivity index (χ0n) is 18.2. The normalized spacial score (nSPS) is 22.9. The number of benzene rings is 1. The number of alkyl halides is 1. The quantitative estimate of drug-likeness (QED) is 0.494. The lowest BCUT2D eigenvalue weighted by Crippen LogP contribution is -2.48. The van der Waals surface area contributed by atoms with E-state index in [2.05, 4.69) is 20.3 Å². The van der Waals surface area contributed by atoms with E-state index < -0.39 is 17.7 Å². The minimum atomic E-state index is -0.750. The maximum Gasteiger partial charge on any atom is 0.193 e. The Balaban J connectivity index is 1.26. The van der Waals surface area contributed by atoms with E-state index in [9.17, 15) is 13.9 Å². The standard InChI is InChI=1S/C24H24F2N6O/c1-31-11-13-8-17(24(33)22(26)23(13)30-31)18-2-3-20-19(28-18)4-5-21(29-20)32-7-6-15(12-32)27-16-9-14(25)10-16/h2-5,8,11,14-16,27,33H,6-7,9-10,12H2,1H3/t14?,15-,16?/m1/s1. The van der Waals surface area contributed by atoms with Gasteiger partial charge in [-0.2, -0.15) is 5.10 Å². The number of rotatable bonds is 4. The summed E-state index contributed by atoms with van der Waals surface area (Å²) in [7, 11) is 1.71. The Morgan fingerprint density at radius 3 is 2.70 bits per heavy atom. The molecule has 1 saturated heterocycles. The van der Waals surface area contributed by atoms with E-state index in [4.69, 9.17) is 4.98 Å². The van der Waals surface area contributed by atoms with Gasteiger partial charge in [-0.3, -0.25) is 4.68 Å². The molecule has 0 spiro atoms. The summed E-state index contributed by atoms with van der Waals surface area (Å²) >= 11 is 0. The van der Waals surface area contributed by atoms with E-state index in [1.807, 2.05) is 18.2 Å². The fourth-order valence-corrected chi connectivity index (χ4v) is 4.88. The van der Waals surface area contributed by atoms with Gasteiger partial charge in [-0.1, -0.05) is 0 Å². The fourth-order valence-electron chi connectivity index (χ4n) is 4.88. The number of hydrogen-bond donors (Lipinski definition) is 2. The van der Waals surface area contributed by atoms with Crippen molar-refractivity contribution in [3.05, 3.63) is 42.3 Å². The van der Waals surface area contributed by atoms with Crippen molar-refractivity contribution in [1.29, 1.82) is 0 Å². The first kappa shape index (κ1) is 20.3. The number of halogens is 2. The Hall–Kier alpha value is -3.33. The Kier molecular flexibility index (Phi) is 4.69. The van der Waals surface area contributed by atoms with Crippen molar-refractivity contribution >= 4 is 27.8 Å². The number of fused-ring (bicyclic) bond motifs is 2. The first-order chi connectivity index (χ1) is 15.9. The Labute approximate surface area is 189 Å². The van der Waals surface area contributed by atoms with Crippen LogP contribution in [-0.4, -0.2) is 56.2 Å². The van der Waals surface area contributed by atoms with Crippen LogP contribution in [0.25, 0.3) is 33.2 Å². The van der Waals surface area contributed by atoms with E-state index in [0.717, 1.165) is 30.8 Å². The minimum Gasteiger partial charge on any atom is -0.504 e. The van der Waals surface area contributed by atoms with Crippen molar-refractivity contribution in [3.8, 4) is 17.0 Å². The second kappa shape index (κ2) is 7.62. The highest BCUT2D eigenvalue weighted by atomic mass is 19.1. The molecule has 1 saturated carbocycles. The van der Waals surface area contributed by atoms with E-state index >= 15 is 0 Å². The van der Waals surface area contributed by atoms with Crippen LogP contribution < -0.4 is 10.2 Å². The number of aromatic nitrogens is 4. The molecule has 2 aliphatic rings. The van der Waals surface area contributed by atoms with Crippen LogP contribution in [0.1, 0.15) is 19.3 Å². The third kappa shape index (κ3) is 3.56. The third-order valence-electron chi connectivity index (χ3n) is 6.70. The van der Waals surface area contributed by atoms with Crippen molar-refractivity contribution in [2.24, 2.45) is 7.05 Å². The van der Waals surface area contributed by atoms with Crippen LogP contribution in [0.4, 0.5) is 14.6 Å². The Morgan fingerprint density at radius 1 is 1.09 bits per heavy atom. The van der Waals surface area contributed by atoms with Gasteiger partial charge >= 0.3 is 0 Å². The Bertz CT molecular complexity index is 1370. The van der Waals surface area contributed by atoms with Gasteiger partial charge < -0.3 is 15.3 Å². The summed E-state index contributed by atoms with van der Waals surface area (Å²) in [5.74, 6) is -0.331. The number of aromatic hydroxyl groups is 1. The van der Waals surface area contributed by atoms with Gasteiger partial charge in [-0.25, -0.2) is 18.7 Å². The molecule has 1 aliphatic heterocycles. The monoisotopic (exact) mass is 450 g/mol. The van der Waals surface area contributed by atoms with Gasteiger partial charge in [-0.15, -0.1) is 0 Å². The molecular weight excluding hydrogens is 426 g/mol. The molecule has 0 radical (unpaired) electrons. The molecule has 1 aromatic carbocycles. The zero-order valence-corrected chi connectivity index (χ0v) is 18.2. The molecule has 1 aliphatic carbocycles. The third-order valence-corrected chi connectivity index (χ3v) is 6.70. The van der Waals surface area contributed by atoms with Crippen molar-refractivity contribution in [2.45, 2.75) is 37.5 Å². The molecule has 4 heterocycles. The van der Waals surface area contributed by atoms with E-state index in [1.54, 1.807) is 25.4 Å². The smallest absolute Gasteiger partial charge is 0.193 e. The predicted molar refractivity (Wildman–Crippen MR) is 123 cm³/mol. The second-order valence-corrected chi connectivity index (χ2v) is 9.10. The van der Waals surface area contributed by atoms with Crippen LogP contribution in [0.15, 0.2) is 36.5 Å². The number of anilines is 1. The van der Waals surface area contributed by atoms with Gasteiger partial charge in [0.05, 0.1) is 16.7 Å². The van der Waals surface area contributed by atoms with Crippen molar-refractivity contribution in [2.75, 3.05) is 18.0 Å². The number of nitrogens with one attached hydrogen (secondary N) is 1. The molecule has 3 aromatic heterocycles. The highest BCUT2D eigenvalue weighted by Crippen LogP contribution is 2.36. The average Bonchev–Trinajstić information content (AvgIpc) is 3.41. The lowest BCUT2D eigenvalue weighted by atomic mass is 9.90. The summed E-state index contributed by atoms with van der Waals surface area (Å²) in [6.45, 7) is 1.74. The molecule has 4 aromatic rings. The molecule has 1 atom stereocenters. The lowest BCUT2D eigenvalue weighted by Gasteiger charge is -2.33. The van der Waals surface area contributed by atoms with Gasteiger partial charge in [0.1, 0.15) is 17.5 Å². The van der Waals surface area contributed by atoms with Crippen LogP contribution in [0.5, 0.6) is 5.75 Å². The van der Waals surface area contributed by atoms with Crippen molar-refractivity contribution in [1.82, 2.24) is 25.1 Å². The summed E-state index contributed by atoms with van der Waals surface area (Å²) in [4.78, 5) is 11.6. The first-order valence-corrected chi connectivity index (χ1v) is 11.2. The highest BCUT2D eigenvalue weighted by Gasteiger charge is 2.33. The number of phenols is 1. The highest BCUT2D eigenvalue weighted by molar-refractivity contribution is 5.89. The van der Waals surface area contributed by atoms with Crippen LogP contribution in [0.3, 0.4) is 0 Å². The fraction of sp³-hybridized carbons (Fsp3) is 0.375. The molecule has 2 N–H and O–H groups in total. The second-order valence-electron chi connectivity index (χ2n) is 9.10. The number of pyridine rings is 2. The Morgan fingerprint density at radius 2 is 1.88 bits per heavy atom. The topological polar surface area (TPSA) is 79.1 Å². The summed E-state index contributed by atoms with van der Waals surface area (Å²) < 4.78 is 29.2. The number of nitrogens with zero attached hydrogens (tertiary/aromatic N) is 5. The molecule has 9 heteroatoms. The van der Waals surface area contributed by atoms with Crippen LogP contribution >= 0.6 is 0 Å². The molecule has 2 fully saturated rings. The van der Waals surface area contributed by atoms with Gasteiger partial charge in [0.15, 0.2) is 11.6 Å². The van der Waals surface area contributed by atoms with E-state index in [0.29, 0.717) is 47.1 Å². The lowest BCUT2D eigenvalue weighted by molar-refractivity contribution is 0.148. The molecule has 0 unspecified atom stereocenters. The van der Waals surface area contributed by atoms with Crippen molar-refractivity contribution in [3.63, 3.8) is 0 Å². The van der Waals surface area contributed by atoms with Crippen LogP contribution in [0.2, 0.25) is 0 Å². The number of hydrogen-bond acceptors (Lipinski definition) is 6. The average molecular weight is 450 g/mol. The molecule has 6 rings (SSSR count). The predicted octanol–water partition coefficient (Wildman–Crippen LogP) is 3.70. The van der Waals surface area contributed by atoms with Gasteiger partial charge in [-0.05, 0) is 49.6 Å². The summed E-state index contributed by atoms with van der Waals surface area (Å²) in [5, 5.41) is 18.6. The van der Waals surface area contributed by atoms with Gasteiger partial charge in [0.25, 0.3) is 0 Å². The minimum absolute atomic E-state index is 0.131. The molecule has 0 bridgehead atoms. The SMILES string of the molecule is Cn1cc2cc(-c3ccc4nc(N5CC[C@@H](NC6CC(F)C6)C5)ccc4n3)c(O)c(F)c2n1. The van der Waals surface area contributed by atoms with Crippen LogP contribution in [0, 0.1) is 5.82 Å². The number of aryl methyl sites for hydroxylation is 1. The summed E-state index contributed by atoms with van der Waals surface area (Å²) in [6.07, 6.45) is 3.29. The molecule has 7 nitrogen and oxygen atoms in total.